The number of hydrogen-bond donors (Lipinski definition) is 0. The van der Waals surface area contributed by atoms with Crippen molar-refractivity contribution in [2.45, 2.75) is 0 Å². The maximum Gasteiger partial charge on any atom is 0.164 e. The van der Waals surface area contributed by atoms with Crippen molar-refractivity contribution >= 4 is 63.8 Å². The third kappa shape index (κ3) is 3.92. The summed E-state index contributed by atoms with van der Waals surface area (Å²) in [4.78, 5) is 15.1. The summed E-state index contributed by atoms with van der Waals surface area (Å²) >= 11 is 1.82. The molecule has 0 saturated heterocycles. The normalized spacial score (nSPS) is 11.7. The van der Waals surface area contributed by atoms with E-state index in [-0.39, 0.29) is 0 Å². The van der Waals surface area contributed by atoms with Crippen molar-refractivity contribution < 1.29 is 0 Å². The van der Waals surface area contributed by atoms with Crippen molar-refractivity contribution in [1.29, 1.82) is 0 Å². The molecule has 9 aromatic rings. The van der Waals surface area contributed by atoms with Gasteiger partial charge in [-0.25, -0.2) is 15.0 Å². The van der Waals surface area contributed by atoms with Gasteiger partial charge in [0.15, 0.2) is 17.5 Å². The van der Waals surface area contributed by atoms with Crippen molar-refractivity contribution in [3.63, 3.8) is 0 Å². The highest BCUT2D eigenvalue weighted by Crippen LogP contribution is 2.38. The molecule has 0 radical (unpaired) electrons. The van der Waals surface area contributed by atoms with Gasteiger partial charge in [0, 0.05) is 36.9 Å². The molecule has 0 bridgehead atoms. The molecular formula is C39H23N3S. The zero-order valence-corrected chi connectivity index (χ0v) is 23.8. The van der Waals surface area contributed by atoms with E-state index in [0.29, 0.717) is 17.5 Å². The van der Waals surface area contributed by atoms with Gasteiger partial charge in [0.1, 0.15) is 0 Å². The number of benzene rings is 7. The van der Waals surface area contributed by atoms with Crippen molar-refractivity contribution in [3.8, 4) is 34.2 Å². The smallest absolute Gasteiger partial charge is 0.164 e. The Hall–Kier alpha value is -5.45. The average Bonchev–Trinajstić information content (AvgIpc) is 3.46. The molecule has 0 amide bonds. The minimum Gasteiger partial charge on any atom is -0.208 e. The monoisotopic (exact) mass is 565 g/mol. The molecule has 0 saturated carbocycles. The van der Waals surface area contributed by atoms with Crippen LogP contribution < -0.4 is 0 Å². The Morgan fingerprint density at radius 3 is 1.40 bits per heavy atom. The number of rotatable bonds is 3. The van der Waals surface area contributed by atoms with Gasteiger partial charge in [-0.2, -0.15) is 0 Å². The van der Waals surface area contributed by atoms with E-state index in [1.54, 1.807) is 0 Å². The summed E-state index contributed by atoms with van der Waals surface area (Å²) in [5.41, 5.74) is 2.91. The minimum atomic E-state index is 0.665. The predicted molar refractivity (Wildman–Crippen MR) is 182 cm³/mol. The average molecular weight is 566 g/mol. The summed E-state index contributed by atoms with van der Waals surface area (Å²) in [6, 6.07) is 49.2. The Bertz CT molecular complexity index is 2480. The van der Waals surface area contributed by atoms with Gasteiger partial charge >= 0.3 is 0 Å². The first kappa shape index (κ1) is 24.2. The summed E-state index contributed by atoms with van der Waals surface area (Å²) in [6.45, 7) is 0. The summed E-state index contributed by atoms with van der Waals surface area (Å²) in [7, 11) is 0. The fourth-order valence-corrected chi connectivity index (χ4v) is 7.35. The second kappa shape index (κ2) is 9.55. The van der Waals surface area contributed by atoms with Crippen LogP contribution in [0.5, 0.6) is 0 Å². The summed E-state index contributed by atoms with van der Waals surface area (Å²) < 4.78 is 2.54. The lowest BCUT2D eigenvalue weighted by Gasteiger charge is -2.12. The minimum absolute atomic E-state index is 0.665. The number of fused-ring (bicyclic) bond motifs is 9. The second-order valence-electron chi connectivity index (χ2n) is 10.8. The Morgan fingerprint density at radius 1 is 0.302 bits per heavy atom. The largest absolute Gasteiger partial charge is 0.208 e. The molecule has 43 heavy (non-hydrogen) atoms. The van der Waals surface area contributed by atoms with Crippen LogP contribution in [-0.2, 0) is 0 Å². The van der Waals surface area contributed by atoms with Gasteiger partial charge in [-0.1, -0.05) is 109 Å². The van der Waals surface area contributed by atoms with E-state index in [1.165, 1.54) is 52.5 Å². The topological polar surface area (TPSA) is 38.7 Å². The molecular weight excluding hydrogens is 543 g/mol. The van der Waals surface area contributed by atoms with Gasteiger partial charge in [0.05, 0.1) is 0 Å². The van der Waals surface area contributed by atoms with E-state index in [9.17, 15) is 0 Å². The first-order chi connectivity index (χ1) is 21.3. The quantitative estimate of drug-likeness (QED) is 0.200. The molecule has 0 fully saturated rings. The molecule has 0 N–H and O–H groups in total. The summed E-state index contributed by atoms with van der Waals surface area (Å²) in [5.74, 6) is 2.00. The second-order valence-corrected chi connectivity index (χ2v) is 11.9. The lowest BCUT2D eigenvalue weighted by Crippen LogP contribution is -2.00. The third-order valence-corrected chi connectivity index (χ3v) is 9.46. The van der Waals surface area contributed by atoms with E-state index in [0.717, 1.165) is 16.7 Å². The summed E-state index contributed by atoms with van der Waals surface area (Å²) in [5, 5.41) is 9.90. The van der Waals surface area contributed by atoms with E-state index in [4.69, 9.17) is 15.0 Å². The standard InChI is InChI=1S/C39H23N3S/c1-2-10-24(11-3-1)37-40-38(42-39(41-37)26-19-21-36-34(23-26)32-16-8-9-17-35(32)43-36)25-18-20-31-29-14-5-4-12-27(29)28-13-6-7-15-30(28)33(31)22-25/h1-23H. The van der Waals surface area contributed by atoms with Crippen molar-refractivity contribution in [3.05, 3.63) is 140 Å². The van der Waals surface area contributed by atoms with Gasteiger partial charge in [0.2, 0.25) is 0 Å². The molecule has 0 spiro atoms. The van der Waals surface area contributed by atoms with Crippen LogP contribution in [0.4, 0.5) is 0 Å². The molecule has 0 aliphatic heterocycles. The van der Waals surface area contributed by atoms with Gasteiger partial charge < -0.3 is 0 Å². The van der Waals surface area contributed by atoms with Gasteiger partial charge in [-0.05, 0) is 62.6 Å². The molecule has 2 heterocycles. The third-order valence-electron chi connectivity index (χ3n) is 8.30. The molecule has 3 nitrogen and oxygen atoms in total. The fourth-order valence-electron chi connectivity index (χ4n) is 6.26. The Balaban J connectivity index is 1.29. The molecule has 7 aromatic carbocycles. The van der Waals surface area contributed by atoms with Crippen LogP contribution in [0.1, 0.15) is 0 Å². The van der Waals surface area contributed by atoms with Crippen molar-refractivity contribution in [1.82, 2.24) is 15.0 Å². The van der Waals surface area contributed by atoms with Gasteiger partial charge in [-0.3, -0.25) is 0 Å². The number of hydrogen-bond acceptors (Lipinski definition) is 4. The van der Waals surface area contributed by atoms with Crippen LogP contribution in [0.3, 0.4) is 0 Å². The maximum absolute atomic E-state index is 5.10. The molecule has 200 valence electrons. The Kier molecular flexibility index (Phi) is 5.37. The lowest BCUT2D eigenvalue weighted by molar-refractivity contribution is 1.08. The molecule has 0 aliphatic rings. The van der Waals surface area contributed by atoms with Crippen LogP contribution in [-0.4, -0.2) is 15.0 Å². The van der Waals surface area contributed by atoms with Crippen LogP contribution in [0.25, 0.3) is 86.7 Å². The maximum atomic E-state index is 5.10. The zero-order chi connectivity index (χ0) is 28.3. The van der Waals surface area contributed by atoms with Crippen LogP contribution in [0, 0.1) is 0 Å². The molecule has 0 aliphatic carbocycles. The van der Waals surface area contributed by atoms with Crippen LogP contribution in [0.2, 0.25) is 0 Å². The first-order valence-electron chi connectivity index (χ1n) is 14.4. The molecule has 4 heteroatoms. The number of nitrogens with zero attached hydrogens (tertiary/aromatic N) is 3. The highest BCUT2D eigenvalue weighted by molar-refractivity contribution is 7.25. The van der Waals surface area contributed by atoms with Crippen molar-refractivity contribution in [2.24, 2.45) is 0 Å². The SMILES string of the molecule is c1ccc(-c2nc(-c3ccc4sc5ccccc5c4c3)nc(-c3ccc4c5ccccc5c5ccccc5c4c3)n2)cc1. The Morgan fingerprint density at radius 2 is 0.744 bits per heavy atom. The van der Waals surface area contributed by atoms with Gasteiger partial charge in [-0.15, -0.1) is 11.3 Å². The van der Waals surface area contributed by atoms with Crippen molar-refractivity contribution in [2.75, 3.05) is 0 Å². The summed E-state index contributed by atoms with van der Waals surface area (Å²) in [6.07, 6.45) is 0. The number of aromatic nitrogens is 3. The van der Waals surface area contributed by atoms with E-state index in [1.807, 2.05) is 29.5 Å². The molecule has 2 aromatic heterocycles. The molecule has 0 unspecified atom stereocenters. The first-order valence-corrected chi connectivity index (χ1v) is 15.2. The Labute approximate surface area is 251 Å². The highest BCUT2D eigenvalue weighted by atomic mass is 32.1. The lowest BCUT2D eigenvalue weighted by atomic mass is 9.93. The van der Waals surface area contributed by atoms with Crippen LogP contribution >= 0.6 is 11.3 Å². The van der Waals surface area contributed by atoms with E-state index >= 15 is 0 Å². The molecule has 0 atom stereocenters. The van der Waals surface area contributed by atoms with Gasteiger partial charge in [0.25, 0.3) is 0 Å². The number of thiophene rings is 1. The van der Waals surface area contributed by atoms with E-state index in [2.05, 4.69) is 121 Å². The highest BCUT2D eigenvalue weighted by Gasteiger charge is 2.16. The van der Waals surface area contributed by atoms with Crippen LogP contribution in [0.15, 0.2) is 140 Å². The molecule has 9 rings (SSSR count). The predicted octanol–water partition coefficient (Wildman–Crippen LogP) is 10.7. The fraction of sp³-hybridized carbons (Fsp3) is 0. The van der Waals surface area contributed by atoms with E-state index < -0.39 is 0 Å². The zero-order valence-electron chi connectivity index (χ0n) is 23.0.